The van der Waals surface area contributed by atoms with Gasteiger partial charge >= 0.3 is 0 Å². The molecular weight excluding hydrogens is 556 g/mol. The first kappa shape index (κ1) is 29.3. The molecule has 3 fully saturated rings. The number of nitrogens with one attached hydrogen (secondary N) is 1. The number of likely N-dealkylation sites (N-methyl/N-ethyl adjacent to an activating group) is 1. The molecule has 41 heavy (non-hydrogen) atoms. The van der Waals surface area contributed by atoms with E-state index in [9.17, 15) is 39.0 Å². The molecule has 3 aliphatic carbocycles. The lowest BCUT2D eigenvalue weighted by Crippen LogP contribution is -2.74. The molecule has 1 saturated heterocycles. The van der Waals surface area contributed by atoms with Gasteiger partial charge in [0.05, 0.1) is 17.5 Å². The monoisotopic (exact) mass is 588 g/mol. The van der Waals surface area contributed by atoms with Crippen molar-refractivity contribution in [2.24, 2.45) is 29.4 Å². The first-order chi connectivity index (χ1) is 19.2. The Morgan fingerprint density at radius 1 is 1.22 bits per heavy atom. The molecule has 12 nitrogen and oxygen atoms in total. The number of amides is 2. The van der Waals surface area contributed by atoms with Crippen molar-refractivity contribution in [3.8, 4) is 5.75 Å². The maximum atomic E-state index is 13.9. The Morgan fingerprint density at radius 3 is 2.51 bits per heavy atom. The first-order valence-corrected chi connectivity index (χ1v) is 13.9. The summed E-state index contributed by atoms with van der Waals surface area (Å²) in [6, 6.07) is 0.205. The van der Waals surface area contributed by atoms with Crippen LogP contribution < -0.4 is 11.1 Å². The van der Waals surface area contributed by atoms with E-state index in [1.165, 1.54) is 32.0 Å². The molecule has 13 heteroatoms. The highest BCUT2D eigenvalue weighted by Crippen LogP contribution is 2.51. The van der Waals surface area contributed by atoms with Crippen LogP contribution in [0.4, 0.5) is 0 Å². The number of primary amides is 1. The van der Waals surface area contributed by atoms with Gasteiger partial charge in [0.1, 0.15) is 5.75 Å². The average molecular weight is 589 g/mol. The molecule has 2 saturated carbocycles. The highest BCUT2D eigenvalue weighted by Gasteiger charge is 2.69. The van der Waals surface area contributed by atoms with Gasteiger partial charge in [0, 0.05) is 43.5 Å². The lowest BCUT2D eigenvalue weighted by Gasteiger charge is -2.52. The lowest BCUT2D eigenvalue weighted by molar-refractivity contribution is -0.181. The van der Waals surface area contributed by atoms with Gasteiger partial charge in [-0.1, -0.05) is 11.6 Å². The van der Waals surface area contributed by atoms with Crippen molar-refractivity contribution in [1.29, 1.82) is 0 Å². The van der Waals surface area contributed by atoms with Crippen LogP contribution >= 0.6 is 11.6 Å². The van der Waals surface area contributed by atoms with Gasteiger partial charge in [0.25, 0.3) is 0 Å². The highest BCUT2D eigenvalue weighted by molar-refractivity contribution is 6.34. The van der Waals surface area contributed by atoms with Gasteiger partial charge in [-0.2, -0.15) is 0 Å². The number of phenols is 1. The number of ketones is 4. The zero-order valence-corrected chi connectivity index (χ0v) is 23.7. The molecule has 0 radical (unpaired) electrons. The van der Waals surface area contributed by atoms with Crippen LogP contribution in [-0.4, -0.2) is 99.8 Å². The quantitative estimate of drug-likeness (QED) is 0.318. The number of nitrogens with zero attached hydrogens (tertiary/aromatic N) is 2. The molecule has 5 N–H and O–H groups in total. The number of aromatic hydroxyl groups is 1. The number of benzene rings is 1. The fraction of sp³-hybridized carbons (Fsp3) is 0.571. The molecule has 1 aliphatic heterocycles. The first-order valence-electron chi connectivity index (χ1n) is 13.6. The predicted octanol–water partition coefficient (Wildman–Crippen LogP) is -0.769. The zero-order chi connectivity index (χ0) is 30.1. The molecule has 0 aromatic heterocycles. The fourth-order valence-corrected chi connectivity index (χ4v) is 7.73. The van der Waals surface area contributed by atoms with E-state index in [-0.39, 0.29) is 41.1 Å². The van der Waals surface area contributed by atoms with Crippen LogP contribution in [0.25, 0.3) is 0 Å². The fourth-order valence-electron chi connectivity index (χ4n) is 7.45. The summed E-state index contributed by atoms with van der Waals surface area (Å²) in [4.78, 5) is 81.2. The van der Waals surface area contributed by atoms with Crippen LogP contribution in [-0.2, 0) is 36.9 Å². The predicted molar refractivity (Wildman–Crippen MR) is 144 cm³/mol. The second kappa shape index (κ2) is 10.3. The Labute approximate surface area is 241 Å². The van der Waals surface area contributed by atoms with Crippen molar-refractivity contribution < 1.29 is 39.0 Å². The standard InChI is InChI=1S/C28H33ClN4O8/c1-11(34)31-14-4-5-33(10-14)9-13-8-17(35)19-15(21(13)29)6-12-7-16-22(32(2)3)24(37)20(27(30)40)26(39)28(16,41)25(38)18(12)23(19)36/h8,12,14,16,18,20,22,35,41H,4-7,9-10H2,1-3H3,(H2,30,40)(H,31,34)/t12-,14+,16-,18?,20?,22-,28-/m0/s1. The molecule has 7 atom stereocenters. The molecule has 1 heterocycles. The second-order valence-electron chi connectivity index (χ2n) is 11.9. The number of halogens is 1. The van der Waals surface area contributed by atoms with E-state index in [1.807, 2.05) is 0 Å². The minimum Gasteiger partial charge on any atom is -0.507 e. The van der Waals surface area contributed by atoms with E-state index in [0.29, 0.717) is 30.8 Å². The van der Waals surface area contributed by atoms with Crippen LogP contribution in [0.5, 0.6) is 5.75 Å². The van der Waals surface area contributed by atoms with Gasteiger partial charge in [-0.25, -0.2) is 0 Å². The minimum absolute atomic E-state index is 0.00782. The second-order valence-corrected chi connectivity index (χ2v) is 12.3. The highest BCUT2D eigenvalue weighted by atomic mass is 35.5. The normalized spacial score (nSPS) is 33.4. The number of fused-ring (bicyclic) bond motifs is 3. The van der Waals surface area contributed by atoms with Crippen molar-refractivity contribution in [3.63, 3.8) is 0 Å². The van der Waals surface area contributed by atoms with Gasteiger partial charge in [-0.15, -0.1) is 0 Å². The summed E-state index contributed by atoms with van der Waals surface area (Å²) in [6.45, 7) is 3.10. The summed E-state index contributed by atoms with van der Waals surface area (Å²) in [7, 11) is 3.06. The van der Waals surface area contributed by atoms with Crippen LogP contribution in [0.15, 0.2) is 6.07 Å². The van der Waals surface area contributed by atoms with E-state index in [1.54, 1.807) is 0 Å². The molecule has 2 amide bonds. The van der Waals surface area contributed by atoms with Crippen molar-refractivity contribution in [1.82, 2.24) is 15.1 Å². The van der Waals surface area contributed by atoms with Crippen LogP contribution in [0.3, 0.4) is 0 Å². The molecule has 5 rings (SSSR count). The number of likely N-dealkylation sites (tertiary alicyclic amines) is 1. The van der Waals surface area contributed by atoms with Crippen molar-refractivity contribution in [2.45, 2.75) is 50.4 Å². The number of nitrogens with two attached hydrogens (primary N) is 1. The number of aliphatic hydroxyl groups is 1. The molecule has 1 aromatic rings. The number of Topliss-reactive ketones (excluding diaryl/α,β-unsaturated/α-hetero) is 4. The summed E-state index contributed by atoms with van der Waals surface area (Å²) < 4.78 is 0. The molecule has 0 spiro atoms. The SMILES string of the molecule is CC(=O)N[C@@H]1CCN(Cc2cc(O)c3c(c2Cl)C[C@H]2C[C@H]4[C@H](N(C)C)C(=O)C(C(N)=O)C(=O)[C@@]4(O)C(=O)C2C3=O)C1. The number of rotatable bonds is 5. The van der Waals surface area contributed by atoms with Gasteiger partial charge < -0.3 is 21.3 Å². The third-order valence-electron chi connectivity index (χ3n) is 9.14. The number of hydrogen-bond acceptors (Lipinski definition) is 10. The van der Waals surface area contributed by atoms with E-state index in [0.717, 1.165) is 6.42 Å². The minimum atomic E-state index is -2.77. The van der Waals surface area contributed by atoms with Crippen molar-refractivity contribution in [2.75, 3.05) is 27.2 Å². The molecule has 1 aromatic carbocycles. The largest absolute Gasteiger partial charge is 0.507 e. The van der Waals surface area contributed by atoms with Crippen LogP contribution in [0.1, 0.15) is 41.3 Å². The Hall–Kier alpha value is -3.19. The summed E-state index contributed by atoms with van der Waals surface area (Å²) in [5.41, 5.74) is 3.38. The van der Waals surface area contributed by atoms with Crippen molar-refractivity contribution in [3.05, 3.63) is 27.8 Å². The lowest BCUT2D eigenvalue weighted by atomic mass is 9.52. The van der Waals surface area contributed by atoms with Gasteiger partial charge in [-0.3, -0.25) is 38.6 Å². The molecule has 4 aliphatic rings. The van der Waals surface area contributed by atoms with Gasteiger partial charge in [0.15, 0.2) is 34.7 Å². The van der Waals surface area contributed by atoms with E-state index < -0.39 is 64.4 Å². The van der Waals surface area contributed by atoms with Gasteiger partial charge in [-0.05, 0) is 56.5 Å². The van der Waals surface area contributed by atoms with Gasteiger partial charge in [0.2, 0.25) is 11.8 Å². The summed E-state index contributed by atoms with van der Waals surface area (Å²) in [6.07, 6.45) is 0.806. The zero-order valence-electron chi connectivity index (χ0n) is 23.0. The summed E-state index contributed by atoms with van der Waals surface area (Å²) in [5.74, 6) is -11.1. The molecule has 2 unspecified atom stereocenters. The number of phenolic OH excluding ortho intramolecular Hbond substituents is 1. The molecular formula is C28H33ClN4O8. The van der Waals surface area contributed by atoms with Crippen LogP contribution in [0, 0.1) is 23.7 Å². The smallest absolute Gasteiger partial charge is 0.235 e. The van der Waals surface area contributed by atoms with Crippen molar-refractivity contribution >= 4 is 46.5 Å². The van der Waals surface area contributed by atoms with E-state index >= 15 is 0 Å². The summed E-state index contributed by atoms with van der Waals surface area (Å²) in [5, 5.41) is 25.8. The third-order valence-corrected chi connectivity index (χ3v) is 9.61. The maximum absolute atomic E-state index is 13.9. The maximum Gasteiger partial charge on any atom is 0.235 e. The molecule has 0 bridgehead atoms. The Bertz CT molecular complexity index is 1400. The Morgan fingerprint density at radius 2 is 1.90 bits per heavy atom. The van der Waals surface area contributed by atoms with E-state index in [2.05, 4.69) is 10.2 Å². The third kappa shape index (κ3) is 4.48. The number of carbonyl (C=O) groups excluding carboxylic acids is 6. The summed E-state index contributed by atoms with van der Waals surface area (Å²) >= 11 is 6.81. The number of hydrogen-bond donors (Lipinski definition) is 4. The van der Waals surface area contributed by atoms with Crippen LogP contribution in [0.2, 0.25) is 5.02 Å². The topological polar surface area (TPSA) is 187 Å². The average Bonchev–Trinajstić information content (AvgIpc) is 3.29. The Balaban J connectivity index is 1.50. The molecule has 220 valence electrons. The number of carbonyl (C=O) groups is 6. The Kier molecular flexibility index (Phi) is 7.34. The van der Waals surface area contributed by atoms with E-state index in [4.69, 9.17) is 17.3 Å².